The van der Waals surface area contributed by atoms with Gasteiger partial charge in [0.25, 0.3) is 5.91 Å². The predicted octanol–water partition coefficient (Wildman–Crippen LogP) is 6.71. The average Bonchev–Trinajstić information content (AvgIpc) is 3.29. The van der Waals surface area contributed by atoms with E-state index in [-0.39, 0.29) is 30.6 Å². The Morgan fingerprint density at radius 3 is 2.23 bits per heavy atom. The highest BCUT2D eigenvalue weighted by atomic mass is 79.9. The van der Waals surface area contributed by atoms with Crippen LogP contribution in [0.4, 0.5) is 26.3 Å². The zero-order chi connectivity index (χ0) is 31.4. The number of hydrogen-bond acceptors (Lipinski definition) is 5. The van der Waals surface area contributed by atoms with E-state index in [1.54, 1.807) is 55.5 Å². The van der Waals surface area contributed by atoms with Crippen molar-refractivity contribution in [3.05, 3.63) is 99.0 Å². The second-order valence-corrected chi connectivity index (χ2v) is 10.8. The Kier molecular flexibility index (Phi) is 9.75. The smallest absolute Gasteiger partial charge is 0.416 e. The van der Waals surface area contributed by atoms with Gasteiger partial charge in [0.05, 0.1) is 17.7 Å². The number of hydrogen-bond donors (Lipinski definition) is 2. The van der Waals surface area contributed by atoms with Gasteiger partial charge in [-0.2, -0.15) is 26.3 Å². The lowest BCUT2D eigenvalue weighted by Gasteiger charge is -2.28. The summed E-state index contributed by atoms with van der Waals surface area (Å²) < 4.78 is 92.4. The lowest BCUT2D eigenvalue weighted by molar-refractivity contribution is -0.143. The summed E-state index contributed by atoms with van der Waals surface area (Å²) in [4.78, 5) is 18.5. The third kappa shape index (κ3) is 7.69. The molecule has 6 nitrogen and oxygen atoms in total. The number of aliphatic hydroxyl groups excluding tert-OH is 1. The molecule has 0 spiro atoms. The minimum absolute atomic E-state index is 0.0143. The van der Waals surface area contributed by atoms with E-state index in [2.05, 4.69) is 26.2 Å². The third-order valence-electron chi connectivity index (χ3n) is 6.85. The van der Waals surface area contributed by atoms with E-state index in [4.69, 9.17) is 14.6 Å². The molecule has 1 amide bonds. The Morgan fingerprint density at radius 2 is 1.65 bits per heavy atom. The fourth-order valence-corrected chi connectivity index (χ4v) is 4.96. The van der Waals surface area contributed by atoms with Crippen molar-refractivity contribution in [3.63, 3.8) is 0 Å². The summed E-state index contributed by atoms with van der Waals surface area (Å²) in [5.41, 5.74) is -3.73. The van der Waals surface area contributed by atoms with Gasteiger partial charge >= 0.3 is 12.4 Å². The molecule has 0 saturated heterocycles. The summed E-state index contributed by atoms with van der Waals surface area (Å²) in [6.07, 6.45) is -10.4. The molecule has 1 aliphatic heterocycles. The van der Waals surface area contributed by atoms with Gasteiger partial charge in [-0.15, -0.1) is 0 Å². The SMILES string of the molecule is C[C@H]1OC(c2ccc(OCCCO)cc2)=N[C@@]1(Cc1ccccc1Br)C(=O)NCc1cc(C(F)(F)F)cc(C(F)(F)F)c1. The first-order valence-electron chi connectivity index (χ1n) is 13.1. The number of amides is 1. The lowest BCUT2D eigenvalue weighted by Crippen LogP contribution is -2.52. The molecule has 230 valence electrons. The Morgan fingerprint density at radius 1 is 1.02 bits per heavy atom. The van der Waals surface area contributed by atoms with Crippen molar-refractivity contribution in [2.24, 2.45) is 4.99 Å². The second-order valence-electron chi connectivity index (χ2n) is 9.92. The van der Waals surface area contributed by atoms with Gasteiger partial charge in [-0.05, 0) is 66.6 Å². The number of ether oxygens (including phenoxy) is 2. The van der Waals surface area contributed by atoms with Crippen LogP contribution in [0.1, 0.15) is 41.2 Å². The molecule has 0 saturated carbocycles. The Hall–Kier alpha value is -3.58. The molecule has 0 fully saturated rings. The third-order valence-corrected chi connectivity index (χ3v) is 7.62. The molecule has 3 aromatic carbocycles. The fourth-order valence-electron chi connectivity index (χ4n) is 4.53. The maximum absolute atomic E-state index is 13.8. The molecule has 4 rings (SSSR count). The van der Waals surface area contributed by atoms with Gasteiger partial charge in [0, 0.05) is 36.0 Å². The first-order valence-corrected chi connectivity index (χ1v) is 13.9. The second kappa shape index (κ2) is 13.0. The normalized spacial score (nSPS) is 18.6. The number of carbonyl (C=O) groups excluding carboxylic acids is 1. The predicted molar refractivity (Wildman–Crippen MR) is 150 cm³/mol. The first kappa shape index (κ1) is 32.3. The summed E-state index contributed by atoms with van der Waals surface area (Å²) in [5, 5.41) is 11.4. The van der Waals surface area contributed by atoms with Crippen LogP contribution in [0.2, 0.25) is 0 Å². The molecule has 13 heteroatoms. The van der Waals surface area contributed by atoms with Gasteiger partial charge in [0.15, 0.2) is 5.54 Å². The zero-order valence-corrected chi connectivity index (χ0v) is 24.3. The molecule has 0 radical (unpaired) electrons. The molecule has 2 N–H and O–H groups in total. The Labute approximate surface area is 251 Å². The number of benzene rings is 3. The van der Waals surface area contributed by atoms with Crippen molar-refractivity contribution in [3.8, 4) is 5.75 Å². The summed E-state index contributed by atoms with van der Waals surface area (Å²) >= 11 is 3.46. The standard InChI is InChI=1S/C30H27BrF6N2O4/c1-18-28(16-21-5-2-3-6-25(21)31,39-26(43-18)20-7-9-24(10-8-20)42-12-4-11-40)27(41)38-17-19-13-22(29(32,33)34)15-23(14-19)30(35,36)37/h2-3,5-10,13-15,18,40H,4,11-12,16-17H2,1H3,(H,38,41)/t18-,28-/m1/s1. The van der Waals surface area contributed by atoms with Crippen LogP contribution in [0.3, 0.4) is 0 Å². The molecule has 1 aliphatic rings. The molecule has 2 atom stereocenters. The fraction of sp³-hybridized carbons (Fsp3) is 0.333. The number of aliphatic hydroxyl groups is 1. The first-order chi connectivity index (χ1) is 20.2. The van der Waals surface area contributed by atoms with Crippen molar-refractivity contribution < 1.29 is 45.7 Å². The van der Waals surface area contributed by atoms with Crippen LogP contribution in [0.5, 0.6) is 5.75 Å². The van der Waals surface area contributed by atoms with Crippen molar-refractivity contribution in [1.29, 1.82) is 0 Å². The van der Waals surface area contributed by atoms with Gasteiger partial charge in [-0.3, -0.25) is 4.79 Å². The van der Waals surface area contributed by atoms with Gasteiger partial charge in [-0.25, -0.2) is 4.99 Å². The van der Waals surface area contributed by atoms with E-state index in [1.165, 1.54) is 0 Å². The van der Waals surface area contributed by atoms with Crippen LogP contribution >= 0.6 is 15.9 Å². The quantitative estimate of drug-likeness (QED) is 0.185. The van der Waals surface area contributed by atoms with E-state index in [0.717, 1.165) is 0 Å². The number of carbonyl (C=O) groups is 1. The summed E-state index contributed by atoms with van der Waals surface area (Å²) in [5.74, 6) is -0.0592. The molecule has 0 aliphatic carbocycles. The molecular formula is C30H27BrF6N2O4. The Balaban J connectivity index is 1.66. The number of nitrogens with zero attached hydrogens (tertiary/aromatic N) is 1. The molecule has 0 bridgehead atoms. The molecule has 0 unspecified atom stereocenters. The van der Waals surface area contributed by atoms with Crippen LogP contribution in [0.25, 0.3) is 0 Å². The topological polar surface area (TPSA) is 80.2 Å². The van der Waals surface area contributed by atoms with Crippen LogP contribution in [0, 0.1) is 0 Å². The maximum atomic E-state index is 13.8. The lowest BCUT2D eigenvalue weighted by atomic mass is 9.86. The minimum Gasteiger partial charge on any atom is -0.494 e. The number of aliphatic imine (C=N–C) groups is 1. The van der Waals surface area contributed by atoms with Gasteiger partial charge in [0.2, 0.25) is 5.90 Å². The van der Waals surface area contributed by atoms with E-state index in [9.17, 15) is 31.1 Å². The monoisotopic (exact) mass is 672 g/mol. The van der Waals surface area contributed by atoms with Crippen molar-refractivity contribution in [1.82, 2.24) is 5.32 Å². The zero-order valence-electron chi connectivity index (χ0n) is 22.7. The maximum Gasteiger partial charge on any atom is 0.416 e. The van der Waals surface area contributed by atoms with Crippen LogP contribution in [-0.2, 0) is 34.8 Å². The number of rotatable bonds is 10. The Bertz CT molecular complexity index is 1440. The number of nitrogens with one attached hydrogen (secondary N) is 1. The molecule has 43 heavy (non-hydrogen) atoms. The molecule has 3 aromatic rings. The summed E-state index contributed by atoms with van der Waals surface area (Å²) in [7, 11) is 0. The van der Waals surface area contributed by atoms with E-state index >= 15 is 0 Å². The minimum atomic E-state index is -5.02. The van der Waals surface area contributed by atoms with Crippen LogP contribution in [-0.4, -0.2) is 41.8 Å². The summed E-state index contributed by atoms with van der Waals surface area (Å²) in [6.45, 7) is 1.31. The van der Waals surface area contributed by atoms with Gasteiger partial charge in [0.1, 0.15) is 11.9 Å². The van der Waals surface area contributed by atoms with Gasteiger partial charge in [-0.1, -0.05) is 34.1 Å². The average molecular weight is 673 g/mol. The van der Waals surface area contributed by atoms with Gasteiger partial charge < -0.3 is 19.9 Å². The van der Waals surface area contributed by atoms with Crippen molar-refractivity contribution in [2.45, 2.75) is 50.3 Å². The van der Waals surface area contributed by atoms with Crippen molar-refractivity contribution >= 4 is 27.7 Å². The summed E-state index contributed by atoms with van der Waals surface area (Å²) in [6, 6.07) is 14.9. The van der Waals surface area contributed by atoms with Crippen LogP contribution in [0.15, 0.2) is 76.2 Å². The molecule has 1 heterocycles. The van der Waals surface area contributed by atoms with E-state index in [0.29, 0.717) is 46.5 Å². The van der Waals surface area contributed by atoms with Crippen LogP contribution < -0.4 is 10.1 Å². The molecular weight excluding hydrogens is 646 g/mol. The highest BCUT2D eigenvalue weighted by molar-refractivity contribution is 9.10. The highest BCUT2D eigenvalue weighted by Crippen LogP contribution is 2.37. The molecule has 0 aromatic heterocycles. The highest BCUT2D eigenvalue weighted by Gasteiger charge is 2.50. The van der Waals surface area contributed by atoms with E-state index < -0.39 is 47.6 Å². The largest absolute Gasteiger partial charge is 0.494 e. The number of alkyl halides is 6. The van der Waals surface area contributed by atoms with E-state index in [1.807, 2.05) is 0 Å². The number of halogens is 7. The van der Waals surface area contributed by atoms with Crippen molar-refractivity contribution in [2.75, 3.05) is 13.2 Å².